The highest BCUT2D eigenvalue weighted by molar-refractivity contribution is 7.15. The van der Waals surface area contributed by atoms with Gasteiger partial charge in [0.1, 0.15) is 5.82 Å². The van der Waals surface area contributed by atoms with Crippen molar-refractivity contribution in [2.24, 2.45) is 5.92 Å². The molecule has 0 unspecified atom stereocenters. The highest BCUT2D eigenvalue weighted by Crippen LogP contribution is 2.30. The molecule has 1 N–H and O–H groups in total. The van der Waals surface area contributed by atoms with E-state index in [4.69, 9.17) is 4.98 Å². The fourth-order valence-corrected chi connectivity index (χ4v) is 5.33. The van der Waals surface area contributed by atoms with Crippen molar-refractivity contribution in [3.8, 4) is 0 Å². The van der Waals surface area contributed by atoms with Crippen LogP contribution in [0.25, 0.3) is 0 Å². The molecule has 1 saturated heterocycles. The standard InChI is InChI=1S/C23H32N4OS/c1-17-16-24-23(29-17)26-21-9-5-8-20(25-21)19-12-14-27(15-13-19)22(28)11-10-18-6-3-2-4-7-18/h5,8-9,16,18-19H,2-4,6-7,10-15H2,1H3,(H,24,25,26). The lowest BCUT2D eigenvalue weighted by atomic mass is 9.86. The Labute approximate surface area is 178 Å². The van der Waals surface area contributed by atoms with E-state index in [9.17, 15) is 4.79 Å². The van der Waals surface area contributed by atoms with Crippen molar-refractivity contribution in [3.63, 3.8) is 0 Å². The van der Waals surface area contributed by atoms with E-state index in [1.807, 2.05) is 12.3 Å². The number of thiazole rings is 1. The summed E-state index contributed by atoms with van der Waals surface area (Å²) in [6, 6.07) is 6.17. The second kappa shape index (κ2) is 9.70. The van der Waals surface area contributed by atoms with Gasteiger partial charge in [0.15, 0.2) is 5.13 Å². The Balaban J connectivity index is 1.26. The Morgan fingerprint density at radius 2 is 1.97 bits per heavy atom. The highest BCUT2D eigenvalue weighted by atomic mass is 32.1. The van der Waals surface area contributed by atoms with Crippen molar-refractivity contribution in [2.75, 3.05) is 18.4 Å². The van der Waals surface area contributed by atoms with Gasteiger partial charge in [0, 0.05) is 42.2 Å². The third-order valence-electron chi connectivity index (χ3n) is 6.38. The summed E-state index contributed by atoms with van der Waals surface area (Å²) in [5.74, 6) is 2.42. The lowest BCUT2D eigenvalue weighted by molar-refractivity contribution is -0.132. The largest absolute Gasteiger partial charge is 0.343 e. The minimum atomic E-state index is 0.358. The molecule has 0 spiro atoms. The van der Waals surface area contributed by atoms with Crippen molar-refractivity contribution in [1.29, 1.82) is 0 Å². The molecule has 3 heterocycles. The van der Waals surface area contributed by atoms with Gasteiger partial charge in [0.2, 0.25) is 5.91 Å². The summed E-state index contributed by atoms with van der Waals surface area (Å²) < 4.78 is 0. The smallest absolute Gasteiger partial charge is 0.222 e. The minimum absolute atomic E-state index is 0.358. The number of likely N-dealkylation sites (tertiary alicyclic amines) is 1. The topological polar surface area (TPSA) is 58.1 Å². The average Bonchev–Trinajstić information content (AvgIpc) is 3.17. The zero-order valence-corrected chi connectivity index (χ0v) is 18.2. The number of rotatable bonds is 6. The second-order valence-corrected chi connectivity index (χ2v) is 9.78. The Kier molecular flexibility index (Phi) is 6.80. The number of aromatic nitrogens is 2. The normalized spacial score (nSPS) is 18.7. The molecule has 0 radical (unpaired) electrons. The molecule has 1 amide bonds. The molecule has 0 aromatic carbocycles. The average molecular weight is 413 g/mol. The molecular weight excluding hydrogens is 380 g/mol. The summed E-state index contributed by atoms with van der Waals surface area (Å²) >= 11 is 1.64. The number of nitrogens with zero attached hydrogens (tertiary/aromatic N) is 3. The van der Waals surface area contributed by atoms with Crippen LogP contribution in [0.3, 0.4) is 0 Å². The maximum absolute atomic E-state index is 12.6. The zero-order chi connectivity index (χ0) is 20.1. The molecule has 0 atom stereocenters. The first-order valence-electron chi connectivity index (χ1n) is 11.1. The third-order valence-corrected chi connectivity index (χ3v) is 7.21. The summed E-state index contributed by atoms with van der Waals surface area (Å²) in [6.07, 6.45) is 12.4. The number of piperidine rings is 1. The SMILES string of the molecule is Cc1cnc(Nc2cccc(C3CCN(C(=O)CCC4CCCCC4)CC3)n2)s1. The predicted octanol–water partition coefficient (Wildman–Crippen LogP) is 5.66. The molecule has 5 nitrogen and oxygen atoms in total. The van der Waals surface area contributed by atoms with Crippen molar-refractivity contribution >= 4 is 28.2 Å². The van der Waals surface area contributed by atoms with Crippen LogP contribution in [-0.4, -0.2) is 33.9 Å². The van der Waals surface area contributed by atoms with Crippen molar-refractivity contribution in [3.05, 3.63) is 35.0 Å². The van der Waals surface area contributed by atoms with Crippen LogP contribution in [0.15, 0.2) is 24.4 Å². The van der Waals surface area contributed by atoms with Crippen LogP contribution in [0.4, 0.5) is 10.9 Å². The van der Waals surface area contributed by atoms with Gasteiger partial charge in [-0.15, -0.1) is 11.3 Å². The number of anilines is 2. The van der Waals surface area contributed by atoms with Crippen LogP contribution in [-0.2, 0) is 4.79 Å². The summed E-state index contributed by atoms with van der Waals surface area (Å²) in [7, 11) is 0. The Morgan fingerprint density at radius 1 is 1.17 bits per heavy atom. The van der Waals surface area contributed by atoms with E-state index in [2.05, 4.69) is 34.3 Å². The maximum atomic E-state index is 12.6. The molecule has 1 aliphatic heterocycles. The van der Waals surface area contributed by atoms with Gasteiger partial charge in [-0.2, -0.15) is 0 Å². The Bertz CT molecular complexity index is 807. The molecule has 6 heteroatoms. The fraction of sp³-hybridized carbons (Fsp3) is 0.609. The van der Waals surface area contributed by atoms with Gasteiger partial charge in [0.05, 0.1) is 0 Å². The van der Waals surface area contributed by atoms with E-state index in [1.54, 1.807) is 11.3 Å². The van der Waals surface area contributed by atoms with Gasteiger partial charge >= 0.3 is 0 Å². The summed E-state index contributed by atoms with van der Waals surface area (Å²) in [5.41, 5.74) is 1.12. The first kappa shape index (κ1) is 20.3. The van der Waals surface area contributed by atoms with Crippen LogP contribution < -0.4 is 5.32 Å². The quantitative estimate of drug-likeness (QED) is 0.665. The number of carbonyl (C=O) groups is 1. The van der Waals surface area contributed by atoms with Gasteiger partial charge in [-0.25, -0.2) is 9.97 Å². The molecule has 1 aliphatic carbocycles. The van der Waals surface area contributed by atoms with Crippen LogP contribution in [0.1, 0.15) is 74.3 Å². The van der Waals surface area contributed by atoms with Crippen LogP contribution in [0.2, 0.25) is 0 Å². The fourth-order valence-electron chi connectivity index (χ4n) is 4.66. The number of pyridine rings is 1. The number of hydrogen-bond donors (Lipinski definition) is 1. The van der Waals surface area contributed by atoms with E-state index < -0.39 is 0 Å². The number of aryl methyl sites for hydroxylation is 1. The van der Waals surface area contributed by atoms with Gasteiger partial charge in [0.25, 0.3) is 0 Å². The molecule has 29 heavy (non-hydrogen) atoms. The van der Waals surface area contributed by atoms with Gasteiger partial charge in [-0.3, -0.25) is 4.79 Å². The van der Waals surface area contributed by atoms with Gasteiger partial charge in [-0.1, -0.05) is 38.2 Å². The summed E-state index contributed by atoms with van der Waals surface area (Å²) in [5, 5.41) is 4.19. The monoisotopic (exact) mass is 412 g/mol. The molecule has 1 saturated carbocycles. The van der Waals surface area contributed by atoms with Crippen molar-refractivity contribution in [1.82, 2.24) is 14.9 Å². The predicted molar refractivity (Wildman–Crippen MR) is 119 cm³/mol. The van der Waals surface area contributed by atoms with Crippen LogP contribution in [0, 0.1) is 12.8 Å². The lowest BCUT2D eigenvalue weighted by Gasteiger charge is -2.32. The number of hydrogen-bond acceptors (Lipinski definition) is 5. The number of carbonyl (C=O) groups excluding carboxylic acids is 1. The van der Waals surface area contributed by atoms with E-state index in [1.165, 1.54) is 37.0 Å². The number of amides is 1. The van der Waals surface area contributed by atoms with E-state index in [0.29, 0.717) is 11.8 Å². The third kappa shape index (κ3) is 5.56. The molecule has 156 valence electrons. The van der Waals surface area contributed by atoms with E-state index in [-0.39, 0.29) is 0 Å². The van der Waals surface area contributed by atoms with E-state index in [0.717, 1.165) is 61.3 Å². The summed E-state index contributed by atoms with van der Waals surface area (Å²) in [6.45, 7) is 3.77. The minimum Gasteiger partial charge on any atom is -0.343 e. The molecule has 2 aliphatic rings. The maximum Gasteiger partial charge on any atom is 0.222 e. The molecule has 2 aromatic heterocycles. The van der Waals surface area contributed by atoms with E-state index >= 15 is 0 Å². The zero-order valence-electron chi connectivity index (χ0n) is 17.4. The van der Waals surface area contributed by atoms with Crippen LogP contribution >= 0.6 is 11.3 Å². The Morgan fingerprint density at radius 3 is 2.69 bits per heavy atom. The molecular formula is C23H32N4OS. The number of nitrogens with one attached hydrogen (secondary N) is 1. The molecule has 4 rings (SSSR count). The molecule has 2 aromatic rings. The molecule has 0 bridgehead atoms. The lowest BCUT2D eigenvalue weighted by Crippen LogP contribution is -2.38. The van der Waals surface area contributed by atoms with Crippen LogP contribution in [0.5, 0.6) is 0 Å². The van der Waals surface area contributed by atoms with Gasteiger partial charge < -0.3 is 10.2 Å². The summed E-state index contributed by atoms with van der Waals surface area (Å²) in [4.78, 5) is 25.1. The van der Waals surface area contributed by atoms with Crippen molar-refractivity contribution < 1.29 is 4.79 Å². The molecule has 2 fully saturated rings. The van der Waals surface area contributed by atoms with Gasteiger partial charge in [-0.05, 0) is 44.2 Å². The van der Waals surface area contributed by atoms with Crippen molar-refractivity contribution in [2.45, 2.75) is 70.6 Å². The Hall–Kier alpha value is -1.95. The first-order valence-corrected chi connectivity index (χ1v) is 11.9. The first-order chi connectivity index (χ1) is 14.2. The highest BCUT2D eigenvalue weighted by Gasteiger charge is 2.25. The second-order valence-electron chi connectivity index (χ2n) is 8.55.